The van der Waals surface area contributed by atoms with E-state index in [1.807, 2.05) is 29.9 Å². The zero-order valence-corrected chi connectivity index (χ0v) is 14.0. The number of carbonyl (C=O) groups excluding carboxylic acids is 1. The first-order chi connectivity index (χ1) is 11.5. The van der Waals surface area contributed by atoms with Crippen LogP contribution in [0.15, 0.2) is 53.0 Å². The number of amides is 1. The summed E-state index contributed by atoms with van der Waals surface area (Å²) in [6.07, 6.45) is 12.2. The minimum Gasteiger partial charge on any atom is -0.508 e. The first-order valence-corrected chi connectivity index (χ1v) is 8.34. The van der Waals surface area contributed by atoms with E-state index in [2.05, 4.69) is 11.2 Å². The van der Waals surface area contributed by atoms with Crippen molar-refractivity contribution in [2.75, 3.05) is 0 Å². The smallest absolute Gasteiger partial charge is 0.217 e. The first-order valence-electron chi connectivity index (χ1n) is 8.34. The number of aliphatic hydroxyl groups is 1. The topological polar surface area (TPSA) is 81.1 Å². The molecule has 126 valence electrons. The van der Waals surface area contributed by atoms with Crippen LogP contribution in [0, 0.1) is 0 Å². The zero-order chi connectivity index (χ0) is 17.1. The standard InChI is InChI=1S/C19H23N3O2/c1-22-18(9-10-21-22)15-5-7-17(13-3-2-4-16(23)12-13)14(11-15)6-8-19(20)24/h4,9-12,23H,2-3,5-8H2,1H3,(H2,20,24). The number of carbonyl (C=O) groups is 1. The van der Waals surface area contributed by atoms with Crippen molar-refractivity contribution in [2.45, 2.75) is 38.5 Å². The van der Waals surface area contributed by atoms with Gasteiger partial charge in [-0.3, -0.25) is 9.48 Å². The Morgan fingerprint density at radius 3 is 2.79 bits per heavy atom. The molecule has 2 aliphatic rings. The third-order valence-corrected chi connectivity index (χ3v) is 4.65. The summed E-state index contributed by atoms with van der Waals surface area (Å²) in [5.41, 5.74) is 11.3. The second-order valence-corrected chi connectivity index (χ2v) is 6.32. The van der Waals surface area contributed by atoms with Crippen LogP contribution < -0.4 is 5.73 Å². The number of rotatable bonds is 5. The lowest BCUT2D eigenvalue weighted by molar-refractivity contribution is -0.117. The lowest BCUT2D eigenvalue weighted by Crippen LogP contribution is -2.12. The fourth-order valence-corrected chi connectivity index (χ4v) is 3.45. The molecule has 0 unspecified atom stereocenters. The fourth-order valence-electron chi connectivity index (χ4n) is 3.45. The van der Waals surface area contributed by atoms with E-state index in [0.29, 0.717) is 18.6 Å². The molecule has 1 heterocycles. The van der Waals surface area contributed by atoms with Crippen molar-refractivity contribution in [1.82, 2.24) is 9.78 Å². The number of allylic oxidation sites excluding steroid dienone is 7. The second kappa shape index (κ2) is 6.91. The van der Waals surface area contributed by atoms with E-state index in [0.717, 1.165) is 37.0 Å². The lowest BCUT2D eigenvalue weighted by atomic mass is 9.82. The van der Waals surface area contributed by atoms with Crippen molar-refractivity contribution in [2.24, 2.45) is 12.8 Å². The van der Waals surface area contributed by atoms with Crippen LogP contribution in [0.1, 0.15) is 44.2 Å². The molecule has 3 rings (SSSR count). The highest BCUT2D eigenvalue weighted by atomic mass is 16.3. The van der Waals surface area contributed by atoms with Crippen LogP contribution in [-0.4, -0.2) is 20.8 Å². The van der Waals surface area contributed by atoms with Gasteiger partial charge >= 0.3 is 0 Å². The molecule has 24 heavy (non-hydrogen) atoms. The highest BCUT2D eigenvalue weighted by molar-refractivity contribution is 5.75. The normalized spacial score (nSPS) is 18.1. The summed E-state index contributed by atoms with van der Waals surface area (Å²) >= 11 is 0. The largest absolute Gasteiger partial charge is 0.508 e. The minimum atomic E-state index is -0.289. The molecule has 5 nitrogen and oxygen atoms in total. The predicted octanol–water partition coefficient (Wildman–Crippen LogP) is 3.32. The molecule has 0 aliphatic heterocycles. The number of primary amides is 1. The van der Waals surface area contributed by atoms with Gasteiger partial charge in [-0.15, -0.1) is 0 Å². The van der Waals surface area contributed by atoms with E-state index in [1.54, 1.807) is 6.20 Å². The lowest BCUT2D eigenvalue weighted by Gasteiger charge is -2.24. The molecule has 1 aromatic rings. The Morgan fingerprint density at radius 1 is 1.29 bits per heavy atom. The van der Waals surface area contributed by atoms with Crippen LogP contribution in [0.3, 0.4) is 0 Å². The maximum Gasteiger partial charge on any atom is 0.217 e. The molecule has 0 bridgehead atoms. The van der Waals surface area contributed by atoms with Gasteiger partial charge in [-0.2, -0.15) is 5.10 Å². The van der Waals surface area contributed by atoms with Crippen LogP contribution in [0.2, 0.25) is 0 Å². The number of hydrogen-bond acceptors (Lipinski definition) is 3. The molecule has 5 heteroatoms. The van der Waals surface area contributed by atoms with Gasteiger partial charge in [-0.1, -0.05) is 6.08 Å². The quantitative estimate of drug-likeness (QED) is 0.871. The number of nitrogens with zero attached hydrogens (tertiary/aromatic N) is 2. The second-order valence-electron chi connectivity index (χ2n) is 6.32. The minimum absolute atomic E-state index is 0.289. The van der Waals surface area contributed by atoms with Crippen LogP contribution in [-0.2, 0) is 11.8 Å². The summed E-state index contributed by atoms with van der Waals surface area (Å²) < 4.78 is 1.87. The van der Waals surface area contributed by atoms with Crippen molar-refractivity contribution >= 4 is 11.5 Å². The van der Waals surface area contributed by atoms with Gasteiger partial charge in [0.05, 0.1) is 5.69 Å². The summed E-state index contributed by atoms with van der Waals surface area (Å²) in [4.78, 5) is 11.2. The van der Waals surface area contributed by atoms with E-state index in [4.69, 9.17) is 5.73 Å². The molecule has 1 aromatic heterocycles. The van der Waals surface area contributed by atoms with Crippen LogP contribution >= 0.6 is 0 Å². The van der Waals surface area contributed by atoms with Crippen molar-refractivity contribution in [1.29, 1.82) is 0 Å². The van der Waals surface area contributed by atoms with Gasteiger partial charge in [-0.05, 0) is 72.6 Å². The summed E-state index contributed by atoms with van der Waals surface area (Å²) in [6, 6.07) is 2.01. The SMILES string of the molecule is Cn1nccc1C1=CC(CCC(N)=O)=C(C2=CC(O)=CCC2)CC1. The maximum atomic E-state index is 11.2. The molecule has 0 atom stereocenters. The first kappa shape index (κ1) is 16.3. The van der Waals surface area contributed by atoms with E-state index in [9.17, 15) is 9.90 Å². The highest BCUT2D eigenvalue weighted by Crippen LogP contribution is 2.38. The van der Waals surface area contributed by atoms with E-state index in [1.165, 1.54) is 16.7 Å². The molecule has 0 saturated heterocycles. The molecule has 2 aliphatic carbocycles. The Labute approximate surface area is 141 Å². The molecular weight excluding hydrogens is 302 g/mol. The predicted molar refractivity (Wildman–Crippen MR) is 93.9 cm³/mol. The van der Waals surface area contributed by atoms with E-state index in [-0.39, 0.29) is 5.91 Å². The Bertz CT molecular complexity index is 778. The Kier molecular flexibility index (Phi) is 4.69. The molecule has 3 N–H and O–H groups in total. The average Bonchev–Trinajstić information content (AvgIpc) is 2.98. The fraction of sp³-hybridized carbons (Fsp3) is 0.368. The van der Waals surface area contributed by atoms with Gasteiger partial charge in [0.15, 0.2) is 0 Å². The Morgan fingerprint density at radius 2 is 2.12 bits per heavy atom. The van der Waals surface area contributed by atoms with Gasteiger partial charge in [0, 0.05) is 19.7 Å². The molecule has 0 saturated carbocycles. The van der Waals surface area contributed by atoms with Crippen LogP contribution in [0.5, 0.6) is 0 Å². The molecular formula is C19H23N3O2. The number of hydrogen-bond donors (Lipinski definition) is 2. The van der Waals surface area contributed by atoms with Gasteiger partial charge in [0.25, 0.3) is 0 Å². The third-order valence-electron chi connectivity index (χ3n) is 4.65. The Hall–Kier alpha value is -2.56. The summed E-state index contributed by atoms with van der Waals surface area (Å²) in [5.74, 6) is 0.0442. The molecule has 0 spiro atoms. The number of aromatic nitrogens is 2. The summed E-state index contributed by atoms with van der Waals surface area (Å²) in [6.45, 7) is 0. The molecule has 1 amide bonds. The monoisotopic (exact) mass is 325 g/mol. The maximum absolute atomic E-state index is 11.2. The van der Waals surface area contributed by atoms with Crippen molar-refractivity contribution < 1.29 is 9.90 Å². The highest BCUT2D eigenvalue weighted by Gasteiger charge is 2.20. The van der Waals surface area contributed by atoms with Crippen LogP contribution in [0.4, 0.5) is 0 Å². The molecule has 0 aromatic carbocycles. The van der Waals surface area contributed by atoms with E-state index >= 15 is 0 Å². The van der Waals surface area contributed by atoms with Crippen molar-refractivity contribution in [3.63, 3.8) is 0 Å². The van der Waals surface area contributed by atoms with Crippen molar-refractivity contribution in [3.8, 4) is 0 Å². The van der Waals surface area contributed by atoms with Crippen LogP contribution in [0.25, 0.3) is 5.57 Å². The summed E-state index contributed by atoms with van der Waals surface area (Å²) in [5, 5.41) is 14.1. The Balaban J connectivity index is 1.98. The molecule has 0 radical (unpaired) electrons. The van der Waals surface area contributed by atoms with Gasteiger partial charge in [-0.25, -0.2) is 0 Å². The number of nitrogens with two attached hydrogens (primary N) is 1. The summed E-state index contributed by atoms with van der Waals surface area (Å²) in [7, 11) is 1.94. The molecule has 0 fully saturated rings. The zero-order valence-electron chi connectivity index (χ0n) is 14.0. The van der Waals surface area contributed by atoms with Crippen molar-refractivity contribution in [3.05, 3.63) is 58.7 Å². The van der Waals surface area contributed by atoms with Gasteiger partial charge in [0.1, 0.15) is 5.76 Å². The van der Waals surface area contributed by atoms with Gasteiger partial charge < -0.3 is 10.8 Å². The number of aliphatic hydroxyl groups excluding tert-OH is 1. The van der Waals surface area contributed by atoms with E-state index < -0.39 is 0 Å². The average molecular weight is 325 g/mol. The van der Waals surface area contributed by atoms with Gasteiger partial charge in [0.2, 0.25) is 5.91 Å². The number of aryl methyl sites for hydroxylation is 1. The third kappa shape index (κ3) is 3.50.